The van der Waals surface area contributed by atoms with Gasteiger partial charge in [-0.3, -0.25) is 10.1 Å². The Bertz CT molecular complexity index is 407. The maximum Gasteiger partial charge on any atom is 0.384 e. The van der Waals surface area contributed by atoms with E-state index in [0.29, 0.717) is 0 Å². The molecule has 1 aromatic rings. The number of hydrogen-bond acceptors (Lipinski definition) is 3. The zero-order chi connectivity index (χ0) is 11.6. The highest BCUT2D eigenvalue weighted by Gasteiger charge is 2.31. The smallest absolute Gasteiger partial charge is 0.384 e. The average molecular weight is 250 g/mol. The van der Waals surface area contributed by atoms with E-state index in [1.165, 1.54) is 18.2 Å². The largest absolute Gasteiger partial charge is 0.476 e. The third kappa shape index (κ3) is 2.57. The zero-order valence-corrected chi connectivity index (χ0v) is 8.70. The number of carbonyl (C=O) groups is 1. The molecule has 80 valence electrons. The number of carboxylic acids is 1. The first-order valence-corrected chi connectivity index (χ1v) is 4.50. The van der Waals surface area contributed by atoms with Crippen molar-refractivity contribution in [2.24, 2.45) is 0 Å². The van der Waals surface area contributed by atoms with Gasteiger partial charge in [0.15, 0.2) is 0 Å². The zero-order valence-electron chi connectivity index (χ0n) is 7.18. The van der Waals surface area contributed by atoms with E-state index in [9.17, 15) is 14.9 Å². The summed E-state index contributed by atoms with van der Waals surface area (Å²) in [5, 5.41) is 19.4. The van der Waals surface area contributed by atoms with Gasteiger partial charge in [0.25, 0.3) is 0 Å². The van der Waals surface area contributed by atoms with Crippen molar-refractivity contribution in [2.45, 2.75) is 6.04 Å². The Morgan fingerprint density at radius 2 is 2.00 bits per heavy atom. The van der Waals surface area contributed by atoms with Gasteiger partial charge >= 0.3 is 12.0 Å². The standard InChI is InChI=1S/C8H5Cl2NO4/c9-5-2-1-4(3-6(5)10)7(8(12)13)11(14)15/h1-3,7H,(H,12,13). The Morgan fingerprint density at radius 3 is 2.40 bits per heavy atom. The fourth-order valence-electron chi connectivity index (χ4n) is 1.04. The van der Waals surface area contributed by atoms with E-state index >= 15 is 0 Å². The van der Waals surface area contributed by atoms with Gasteiger partial charge in [0.2, 0.25) is 0 Å². The number of aliphatic carboxylic acids is 1. The molecule has 1 N–H and O–H groups in total. The minimum atomic E-state index is -1.82. The van der Waals surface area contributed by atoms with Crippen LogP contribution in [0, 0.1) is 10.1 Å². The van der Waals surface area contributed by atoms with Gasteiger partial charge in [-0.25, -0.2) is 4.79 Å². The molecule has 0 bridgehead atoms. The van der Waals surface area contributed by atoms with Crippen LogP contribution in [0.15, 0.2) is 18.2 Å². The van der Waals surface area contributed by atoms with E-state index in [1.54, 1.807) is 0 Å². The van der Waals surface area contributed by atoms with E-state index in [-0.39, 0.29) is 15.6 Å². The van der Waals surface area contributed by atoms with Gasteiger partial charge in [0.1, 0.15) is 0 Å². The highest BCUT2D eigenvalue weighted by atomic mass is 35.5. The van der Waals surface area contributed by atoms with E-state index in [0.717, 1.165) is 0 Å². The molecular weight excluding hydrogens is 245 g/mol. The number of carboxylic acid groups (broad SMARTS) is 1. The third-order valence-electron chi connectivity index (χ3n) is 1.70. The molecular formula is C8H5Cl2NO4. The summed E-state index contributed by atoms with van der Waals surface area (Å²) in [4.78, 5) is 20.2. The van der Waals surface area contributed by atoms with E-state index < -0.39 is 16.9 Å². The Hall–Kier alpha value is -1.33. The second-order valence-electron chi connectivity index (χ2n) is 2.70. The number of rotatable bonds is 3. The molecule has 0 aliphatic heterocycles. The van der Waals surface area contributed by atoms with Crippen molar-refractivity contribution < 1.29 is 14.8 Å². The molecule has 5 nitrogen and oxygen atoms in total. The molecule has 0 saturated carbocycles. The van der Waals surface area contributed by atoms with Crippen molar-refractivity contribution in [2.75, 3.05) is 0 Å². The van der Waals surface area contributed by atoms with E-state index in [4.69, 9.17) is 28.3 Å². The lowest BCUT2D eigenvalue weighted by Gasteiger charge is -2.05. The Morgan fingerprint density at radius 1 is 1.40 bits per heavy atom. The van der Waals surface area contributed by atoms with Gasteiger partial charge in [-0.1, -0.05) is 23.2 Å². The minimum Gasteiger partial charge on any atom is -0.476 e. The molecule has 1 atom stereocenters. The minimum absolute atomic E-state index is 0.0121. The Balaban J connectivity index is 3.18. The molecule has 0 aromatic heterocycles. The van der Waals surface area contributed by atoms with Crippen LogP contribution >= 0.6 is 23.2 Å². The molecule has 0 heterocycles. The van der Waals surface area contributed by atoms with Crippen molar-refractivity contribution in [3.63, 3.8) is 0 Å². The molecule has 0 fully saturated rings. The van der Waals surface area contributed by atoms with Gasteiger partial charge < -0.3 is 5.11 Å². The monoisotopic (exact) mass is 249 g/mol. The summed E-state index contributed by atoms with van der Waals surface area (Å²) in [5.41, 5.74) is -0.0121. The highest BCUT2D eigenvalue weighted by Crippen LogP contribution is 2.26. The summed E-state index contributed by atoms with van der Waals surface area (Å²) in [7, 11) is 0. The number of hydrogen-bond donors (Lipinski definition) is 1. The van der Waals surface area contributed by atoms with Crippen LogP contribution in [0.5, 0.6) is 0 Å². The molecule has 0 aliphatic rings. The van der Waals surface area contributed by atoms with Gasteiger partial charge in [-0.15, -0.1) is 0 Å². The molecule has 0 spiro atoms. The maximum atomic E-state index is 10.6. The van der Waals surface area contributed by atoms with Crippen LogP contribution < -0.4 is 0 Å². The van der Waals surface area contributed by atoms with Crippen LogP contribution in [0.25, 0.3) is 0 Å². The third-order valence-corrected chi connectivity index (χ3v) is 2.44. The predicted molar refractivity (Wildman–Crippen MR) is 53.8 cm³/mol. The van der Waals surface area contributed by atoms with Crippen molar-refractivity contribution in [3.05, 3.63) is 43.9 Å². The average Bonchev–Trinajstić information content (AvgIpc) is 2.10. The van der Waals surface area contributed by atoms with Gasteiger partial charge in [0.05, 0.1) is 10.0 Å². The predicted octanol–water partition coefficient (Wildman–Crippen LogP) is 2.40. The maximum absolute atomic E-state index is 10.6. The summed E-state index contributed by atoms with van der Waals surface area (Å²) in [5.74, 6) is -1.54. The molecule has 0 aliphatic carbocycles. The van der Waals surface area contributed by atoms with Crippen LogP contribution in [-0.2, 0) is 4.79 Å². The number of benzene rings is 1. The SMILES string of the molecule is O=C(O)C(c1ccc(Cl)c(Cl)c1)[N+](=O)[O-]. The first kappa shape index (κ1) is 11.7. The molecule has 0 saturated heterocycles. The second kappa shape index (κ2) is 4.46. The first-order valence-electron chi connectivity index (χ1n) is 3.74. The fourth-order valence-corrected chi connectivity index (χ4v) is 1.34. The van der Waals surface area contributed by atoms with Crippen LogP contribution in [0.2, 0.25) is 10.0 Å². The van der Waals surface area contributed by atoms with Gasteiger partial charge in [-0.2, -0.15) is 0 Å². The van der Waals surface area contributed by atoms with Crippen LogP contribution in [0.1, 0.15) is 11.6 Å². The molecule has 1 aromatic carbocycles. The first-order chi connectivity index (χ1) is 6.93. The molecule has 0 amide bonds. The number of nitrogens with zero attached hydrogens (tertiary/aromatic N) is 1. The summed E-state index contributed by atoms with van der Waals surface area (Å²) in [6, 6.07) is 1.93. The van der Waals surface area contributed by atoms with Crippen LogP contribution in [0.4, 0.5) is 0 Å². The van der Waals surface area contributed by atoms with Gasteiger partial charge in [0, 0.05) is 10.5 Å². The molecule has 1 rings (SSSR count). The summed E-state index contributed by atoms with van der Waals surface area (Å²) in [6.45, 7) is 0. The fraction of sp³-hybridized carbons (Fsp3) is 0.125. The lowest BCUT2D eigenvalue weighted by Crippen LogP contribution is -2.20. The molecule has 1 unspecified atom stereocenters. The van der Waals surface area contributed by atoms with Crippen molar-refractivity contribution in [1.82, 2.24) is 0 Å². The molecule has 15 heavy (non-hydrogen) atoms. The number of halogens is 2. The van der Waals surface area contributed by atoms with E-state index in [1.807, 2.05) is 0 Å². The topological polar surface area (TPSA) is 80.4 Å². The summed E-state index contributed by atoms with van der Waals surface area (Å²) in [6.07, 6.45) is 0. The van der Waals surface area contributed by atoms with Crippen LogP contribution in [-0.4, -0.2) is 16.0 Å². The Kier molecular flexibility index (Phi) is 3.49. The molecule has 7 heteroatoms. The van der Waals surface area contributed by atoms with Crippen molar-refractivity contribution >= 4 is 29.2 Å². The lowest BCUT2D eigenvalue weighted by atomic mass is 10.1. The molecule has 0 radical (unpaired) electrons. The lowest BCUT2D eigenvalue weighted by molar-refractivity contribution is -0.516. The second-order valence-corrected chi connectivity index (χ2v) is 3.51. The van der Waals surface area contributed by atoms with Crippen LogP contribution in [0.3, 0.4) is 0 Å². The summed E-state index contributed by atoms with van der Waals surface area (Å²) < 4.78 is 0. The highest BCUT2D eigenvalue weighted by molar-refractivity contribution is 6.42. The normalized spacial score (nSPS) is 12.1. The van der Waals surface area contributed by atoms with E-state index in [2.05, 4.69) is 0 Å². The van der Waals surface area contributed by atoms with Crippen molar-refractivity contribution in [3.8, 4) is 0 Å². The summed E-state index contributed by atoms with van der Waals surface area (Å²) >= 11 is 11.2. The number of nitro groups is 1. The Labute approximate surface area is 94.4 Å². The van der Waals surface area contributed by atoms with Crippen molar-refractivity contribution in [1.29, 1.82) is 0 Å². The quantitative estimate of drug-likeness (QED) is 0.659. The van der Waals surface area contributed by atoms with Gasteiger partial charge in [-0.05, 0) is 18.2 Å².